The van der Waals surface area contributed by atoms with Crippen LogP contribution < -0.4 is 4.74 Å². The second-order valence-electron chi connectivity index (χ2n) is 8.32. The van der Waals surface area contributed by atoms with Gasteiger partial charge in [-0.3, -0.25) is 14.6 Å². The van der Waals surface area contributed by atoms with Crippen molar-refractivity contribution < 1.29 is 19.4 Å². The second kappa shape index (κ2) is 10.4. The molecular weight excluding hydrogens is 404 g/mol. The van der Waals surface area contributed by atoms with E-state index in [1.54, 1.807) is 35.5 Å². The van der Waals surface area contributed by atoms with Gasteiger partial charge in [-0.15, -0.1) is 0 Å². The highest BCUT2D eigenvalue weighted by atomic mass is 16.5. The van der Waals surface area contributed by atoms with Gasteiger partial charge in [-0.2, -0.15) is 0 Å². The van der Waals surface area contributed by atoms with Crippen LogP contribution in [-0.2, 0) is 9.59 Å². The molecule has 0 spiro atoms. The SMILES string of the molecule is CCCCCN1C(=O)C(=O)/C(=C(\O)c2ccc(OCC)c(C(C)C)c2)C1c1ccncc1. The Hall–Kier alpha value is -3.15. The molecule has 1 aromatic heterocycles. The zero-order chi connectivity index (χ0) is 23.3. The largest absolute Gasteiger partial charge is 0.507 e. The summed E-state index contributed by atoms with van der Waals surface area (Å²) in [6.07, 6.45) is 6.03. The number of amides is 1. The lowest BCUT2D eigenvalue weighted by molar-refractivity contribution is -0.139. The molecule has 1 aliphatic heterocycles. The van der Waals surface area contributed by atoms with E-state index < -0.39 is 17.7 Å². The van der Waals surface area contributed by atoms with E-state index in [0.29, 0.717) is 18.7 Å². The number of rotatable bonds is 9. The number of nitrogens with zero attached hydrogens (tertiary/aromatic N) is 2. The number of unbranched alkanes of at least 4 members (excludes halogenated alkanes) is 2. The van der Waals surface area contributed by atoms with E-state index in [4.69, 9.17) is 4.74 Å². The lowest BCUT2D eigenvalue weighted by Gasteiger charge is -2.25. The molecule has 3 rings (SSSR count). The number of carbonyl (C=O) groups is 2. The number of aromatic nitrogens is 1. The van der Waals surface area contributed by atoms with E-state index in [0.717, 1.165) is 36.1 Å². The van der Waals surface area contributed by atoms with Crippen LogP contribution in [0.15, 0.2) is 48.3 Å². The first-order valence-electron chi connectivity index (χ1n) is 11.4. The zero-order valence-electron chi connectivity index (χ0n) is 19.3. The predicted molar refractivity (Wildman–Crippen MR) is 124 cm³/mol. The molecule has 1 aliphatic rings. The molecule has 2 heterocycles. The van der Waals surface area contributed by atoms with Crippen LogP contribution in [0.2, 0.25) is 0 Å². The van der Waals surface area contributed by atoms with Gasteiger partial charge in [0.05, 0.1) is 18.2 Å². The van der Waals surface area contributed by atoms with Crippen molar-refractivity contribution in [3.05, 3.63) is 65.0 Å². The highest BCUT2D eigenvalue weighted by Gasteiger charge is 2.45. The number of benzene rings is 1. The predicted octanol–water partition coefficient (Wildman–Crippen LogP) is 5.22. The van der Waals surface area contributed by atoms with Crippen molar-refractivity contribution in [2.24, 2.45) is 0 Å². The van der Waals surface area contributed by atoms with Crippen LogP contribution in [0.5, 0.6) is 5.75 Å². The summed E-state index contributed by atoms with van der Waals surface area (Å²) in [5.74, 6) is -0.463. The van der Waals surface area contributed by atoms with E-state index in [-0.39, 0.29) is 17.3 Å². The maximum absolute atomic E-state index is 13.1. The summed E-state index contributed by atoms with van der Waals surface area (Å²) in [7, 11) is 0. The molecule has 0 radical (unpaired) electrons. The summed E-state index contributed by atoms with van der Waals surface area (Å²) in [5.41, 5.74) is 2.32. The average Bonchev–Trinajstić information content (AvgIpc) is 3.04. The Balaban J connectivity index is 2.12. The molecular formula is C26H32N2O4. The van der Waals surface area contributed by atoms with E-state index >= 15 is 0 Å². The standard InChI is InChI=1S/C26H32N2O4/c1-5-7-8-15-28-23(18-11-13-27-14-12-18)22(25(30)26(28)31)24(29)19-9-10-21(32-6-2)20(16-19)17(3)4/h9-14,16-17,23,29H,5-8,15H2,1-4H3/b24-22-. The third kappa shape index (κ3) is 4.69. The number of pyridine rings is 1. The Morgan fingerprint density at radius 3 is 2.47 bits per heavy atom. The van der Waals surface area contributed by atoms with Crippen LogP contribution in [0.3, 0.4) is 0 Å². The smallest absolute Gasteiger partial charge is 0.295 e. The number of aliphatic hydroxyl groups excluding tert-OH is 1. The molecule has 6 nitrogen and oxygen atoms in total. The summed E-state index contributed by atoms with van der Waals surface area (Å²) in [6.45, 7) is 9.11. The topological polar surface area (TPSA) is 79.7 Å². The van der Waals surface area contributed by atoms with Crippen molar-refractivity contribution in [1.82, 2.24) is 9.88 Å². The molecule has 0 saturated carbocycles. The van der Waals surface area contributed by atoms with Gasteiger partial charge < -0.3 is 14.7 Å². The van der Waals surface area contributed by atoms with Crippen molar-refractivity contribution in [3.8, 4) is 5.75 Å². The van der Waals surface area contributed by atoms with Crippen molar-refractivity contribution in [1.29, 1.82) is 0 Å². The van der Waals surface area contributed by atoms with Gasteiger partial charge in [0.15, 0.2) is 0 Å². The monoisotopic (exact) mass is 436 g/mol. The molecule has 0 bridgehead atoms. The Kier molecular flexibility index (Phi) is 7.67. The third-order valence-electron chi connectivity index (χ3n) is 5.77. The van der Waals surface area contributed by atoms with Crippen molar-refractivity contribution >= 4 is 17.4 Å². The van der Waals surface area contributed by atoms with Crippen molar-refractivity contribution in [2.45, 2.75) is 58.9 Å². The zero-order valence-corrected chi connectivity index (χ0v) is 19.3. The average molecular weight is 437 g/mol. The number of ether oxygens (including phenoxy) is 1. The highest BCUT2D eigenvalue weighted by Crippen LogP contribution is 2.40. The summed E-state index contributed by atoms with van der Waals surface area (Å²) in [4.78, 5) is 31.7. The highest BCUT2D eigenvalue weighted by molar-refractivity contribution is 6.46. The van der Waals surface area contributed by atoms with Gasteiger partial charge in [0.2, 0.25) is 0 Å². The van der Waals surface area contributed by atoms with Gasteiger partial charge in [0.1, 0.15) is 11.5 Å². The van der Waals surface area contributed by atoms with Crippen LogP contribution >= 0.6 is 0 Å². The summed E-state index contributed by atoms with van der Waals surface area (Å²) in [5, 5.41) is 11.3. The van der Waals surface area contributed by atoms with Crippen molar-refractivity contribution in [3.63, 3.8) is 0 Å². The number of hydrogen-bond donors (Lipinski definition) is 1. The van der Waals surface area contributed by atoms with Crippen LogP contribution in [0, 0.1) is 0 Å². The van der Waals surface area contributed by atoms with Crippen LogP contribution in [0.25, 0.3) is 5.76 Å². The molecule has 1 fully saturated rings. The van der Waals surface area contributed by atoms with E-state index in [9.17, 15) is 14.7 Å². The fourth-order valence-corrected chi connectivity index (χ4v) is 4.12. The van der Waals surface area contributed by atoms with E-state index in [1.165, 1.54) is 0 Å². The molecule has 1 unspecified atom stereocenters. The fourth-order valence-electron chi connectivity index (χ4n) is 4.12. The Labute approximate surface area is 189 Å². The molecule has 32 heavy (non-hydrogen) atoms. The molecule has 6 heteroatoms. The first-order chi connectivity index (χ1) is 15.4. The second-order valence-corrected chi connectivity index (χ2v) is 8.32. The quantitative estimate of drug-likeness (QED) is 0.252. The fraction of sp³-hybridized carbons (Fsp3) is 0.423. The number of ketones is 1. The number of hydrogen-bond acceptors (Lipinski definition) is 5. The maximum atomic E-state index is 13.1. The lowest BCUT2D eigenvalue weighted by atomic mass is 9.93. The summed E-state index contributed by atoms with van der Waals surface area (Å²) >= 11 is 0. The van der Waals surface area contributed by atoms with Gasteiger partial charge >= 0.3 is 0 Å². The Morgan fingerprint density at radius 2 is 1.84 bits per heavy atom. The number of Topliss-reactive ketones (excluding diaryl/α,β-unsaturated/α-hetero) is 1. The van der Waals surface area contributed by atoms with Gasteiger partial charge in [-0.1, -0.05) is 33.6 Å². The molecule has 1 aromatic carbocycles. The number of likely N-dealkylation sites (tertiary alicyclic amines) is 1. The van der Waals surface area contributed by atoms with E-state index in [1.807, 2.05) is 32.9 Å². The molecule has 0 aliphatic carbocycles. The first kappa shape index (κ1) is 23.5. The Bertz CT molecular complexity index is 998. The molecule has 1 atom stereocenters. The van der Waals surface area contributed by atoms with Gasteiger partial charge in [0, 0.05) is 24.5 Å². The minimum Gasteiger partial charge on any atom is -0.507 e. The van der Waals surface area contributed by atoms with Gasteiger partial charge in [-0.05, 0) is 60.7 Å². The normalized spacial score (nSPS) is 17.9. The molecule has 1 amide bonds. The van der Waals surface area contributed by atoms with Crippen LogP contribution in [0.1, 0.15) is 75.6 Å². The Morgan fingerprint density at radius 1 is 1.12 bits per heavy atom. The summed E-state index contributed by atoms with van der Waals surface area (Å²) < 4.78 is 5.73. The maximum Gasteiger partial charge on any atom is 0.295 e. The molecule has 170 valence electrons. The first-order valence-corrected chi connectivity index (χ1v) is 11.4. The minimum atomic E-state index is -0.652. The summed E-state index contributed by atoms with van der Waals surface area (Å²) in [6, 6.07) is 8.33. The molecule has 1 saturated heterocycles. The van der Waals surface area contributed by atoms with E-state index in [2.05, 4.69) is 11.9 Å². The van der Waals surface area contributed by atoms with Gasteiger partial charge in [0.25, 0.3) is 11.7 Å². The third-order valence-corrected chi connectivity index (χ3v) is 5.77. The van der Waals surface area contributed by atoms with Crippen molar-refractivity contribution in [2.75, 3.05) is 13.2 Å². The van der Waals surface area contributed by atoms with Gasteiger partial charge in [-0.25, -0.2) is 0 Å². The lowest BCUT2D eigenvalue weighted by Crippen LogP contribution is -2.30. The number of carbonyl (C=O) groups excluding carboxylic acids is 2. The minimum absolute atomic E-state index is 0.122. The van der Waals surface area contributed by atoms with Crippen LogP contribution in [-0.4, -0.2) is 39.8 Å². The molecule has 1 N–H and O–H groups in total. The molecule has 2 aromatic rings. The number of aliphatic hydroxyl groups is 1. The van der Waals surface area contributed by atoms with Crippen LogP contribution in [0.4, 0.5) is 0 Å².